The Bertz CT molecular complexity index is 241. The van der Waals surface area contributed by atoms with Crippen LogP contribution >= 0.6 is 16.1 Å². The Morgan fingerprint density at radius 1 is 1.30 bits per heavy atom. The number of anilines is 1. The van der Waals surface area contributed by atoms with Gasteiger partial charge in [0.25, 0.3) is 5.39 Å². The molecule has 0 heterocycles. The number of nitrogens with zero attached hydrogens (tertiary/aromatic N) is 3. The predicted octanol–water partition coefficient (Wildman–Crippen LogP) is 2.57. The molecule has 1 aromatic carbocycles. The van der Waals surface area contributed by atoms with E-state index in [1.165, 1.54) is 4.03 Å². The highest BCUT2D eigenvalue weighted by atomic mass is 79.9. The van der Waals surface area contributed by atoms with Gasteiger partial charge in [-0.25, -0.2) is 0 Å². The maximum absolute atomic E-state index is 8.29. The van der Waals surface area contributed by atoms with Crippen LogP contribution in [0.2, 0.25) is 0 Å². The third-order valence-electron chi connectivity index (χ3n) is 1.05. The van der Waals surface area contributed by atoms with Crippen molar-refractivity contribution < 1.29 is 0 Å². The minimum Gasteiger partial charge on any atom is -0.0621 e. The molecule has 0 N–H and O–H groups in total. The van der Waals surface area contributed by atoms with E-state index < -0.39 is 0 Å². The third-order valence-corrected chi connectivity index (χ3v) is 1.60. The fraction of sp³-hybridized carbons (Fsp3) is 0. The molecule has 10 heavy (non-hydrogen) atoms. The van der Waals surface area contributed by atoms with E-state index in [0.29, 0.717) is 0 Å². The van der Waals surface area contributed by atoms with Crippen LogP contribution in [-0.2, 0) is 0 Å². The van der Waals surface area contributed by atoms with Gasteiger partial charge < -0.3 is 0 Å². The summed E-state index contributed by atoms with van der Waals surface area (Å²) in [4.78, 5) is 0. The molecule has 0 saturated carbocycles. The van der Waals surface area contributed by atoms with Gasteiger partial charge in [0.1, 0.15) is 21.8 Å². The molecule has 0 bridgehead atoms. The van der Waals surface area contributed by atoms with Gasteiger partial charge in [-0.2, -0.15) is 0 Å². The number of hydrogen-bond donors (Lipinski definition) is 0. The summed E-state index contributed by atoms with van der Waals surface area (Å²) < 4.78 is 1.20. The van der Waals surface area contributed by atoms with E-state index in [9.17, 15) is 0 Å². The van der Waals surface area contributed by atoms with Crippen LogP contribution in [0, 0.1) is 5.39 Å². The van der Waals surface area contributed by atoms with Crippen LogP contribution in [0.1, 0.15) is 0 Å². The fourth-order valence-electron chi connectivity index (χ4n) is 0.603. The normalized spacial score (nSPS) is 8.40. The van der Waals surface area contributed by atoms with Crippen LogP contribution in [0.3, 0.4) is 0 Å². The monoisotopic (exact) mass is 198 g/mol. The Hall–Kier alpha value is -1.08. The second-order valence-electron chi connectivity index (χ2n) is 1.69. The van der Waals surface area contributed by atoms with Crippen molar-refractivity contribution in [2.45, 2.75) is 0 Å². The van der Waals surface area contributed by atoms with E-state index in [1.54, 1.807) is 0 Å². The lowest BCUT2D eigenvalue weighted by molar-refractivity contribution is 1.32. The highest BCUT2D eigenvalue weighted by molar-refractivity contribution is 9.10. The molecule has 0 unspecified atom stereocenters. The zero-order chi connectivity index (χ0) is 7.40. The number of benzene rings is 1. The van der Waals surface area contributed by atoms with Gasteiger partial charge in [0, 0.05) is 0 Å². The first-order chi connectivity index (χ1) is 4.84. The molecular formula is C6H5BrN3+. The average molecular weight is 199 g/mol. The Kier molecular flexibility index (Phi) is 2.24. The molecule has 0 fully saturated rings. The molecule has 3 nitrogen and oxygen atoms in total. The maximum atomic E-state index is 8.29. The van der Waals surface area contributed by atoms with Crippen molar-refractivity contribution in [1.82, 2.24) is 0 Å². The van der Waals surface area contributed by atoms with Crippen LogP contribution in [-0.4, -0.2) is 0 Å². The molecule has 4 heteroatoms. The number of halogens is 1. The van der Waals surface area contributed by atoms with E-state index in [0.717, 1.165) is 5.69 Å². The standard InChI is InChI=1S/C6H5BrN3/c7-10(9-8)6-4-2-1-3-5-6/h1-5H/q+1. The van der Waals surface area contributed by atoms with Gasteiger partial charge in [-0.15, -0.1) is 0 Å². The van der Waals surface area contributed by atoms with Crippen molar-refractivity contribution >= 4 is 21.8 Å². The molecule has 0 aliphatic heterocycles. The Labute approximate surface area is 67.2 Å². The summed E-state index contributed by atoms with van der Waals surface area (Å²) >= 11 is 3.00. The van der Waals surface area contributed by atoms with E-state index in [4.69, 9.17) is 5.39 Å². The van der Waals surface area contributed by atoms with Gasteiger partial charge >= 0.3 is 5.08 Å². The Balaban J connectivity index is 2.88. The van der Waals surface area contributed by atoms with E-state index >= 15 is 0 Å². The second-order valence-corrected chi connectivity index (χ2v) is 2.36. The lowest BCUT2D eigenvalue weighted by Crippen LogP contribution is -1.93. The minimum absolute atomic E-state index is 0.782. The molecule has 0 radical (unpaired) electrons. The van der Waals surface area contributed by atoms with Crippen molar-refractivity contribution in [3.8, 4) is 0 Å². The van der Waals surface area contributed by atoms with Crippen molar-refractivity contribution in [1.29, 1.82) is 5.39 Å². The number of rotatable bonds is 1. The number of para-hydroxylation sites is 1. The quantitative estimate of drug-likeness (QED) is 0.395. The van der Waals surface area contributed by atoms with Crippen molar-refractivity contribution in [2.75, 3.05) is 4.03 Å². The number of hydrogen-bond acceptors (Lipinski definition) is 2. The summed E-state index contributed by atoms with van der Waals surface area (Å²) in [5.74, 6) is 0. The maximum Gasteiger partial charge on any atom is 0.322 e. The first kappa shape index (κ1) is 7.03. The summed E-state index contributed by atoms with van der Waals surface area (Å²) in [6.45, 7) is 0. The first-order valence-corrected chi connectivity index (χ1v) is 3.41. The van der Waals surface area contributed by atoms with Gasteiger partial charge in [0.15, 0.2) is 0 Å². The van der Waals surface area contributed by atoms with Crippen molar-refractivity contribution in [3.63, 3.8) is 0 Å². The Morgan fingerprint density at radius 3 is 2.40 bits per heavy atom. The molecule has 1 aromatic rings. The molecule has 0 aliphatic carbocycles. The van der Waals surface area contributed by atoms with Gasteiger partial charge in [-0.3, -0.25) is 0 Å². The zero-order valence-electron chi connectivity index (χ0n) is 5.11. The van der Waals surface area contributed by atoms with Gasteiger partial charge in [0.05, 0.1) is 4.03 Å². The highest BCUT2D eigenvalue weighted by Gasteiger charge is 2.09. The van der Waals surface area contributed by atoms with Crippen molar-refractivity contribution in [3.05, 3.63) is 35.4 Å². The molecule has 1 rings (SSSR count). The molecule has 0 spiro atoms. The number of diazo groups is 1. The molecule has 0 saturated heterocycles. The predicted molar refractivity (Wildman–Crippen MR) is 42.9 cm³/mol. The minimum atomic E-state index is 0.782. The van der Waals surface area contributed by atoms with Gasteiger partial charge in [-0.1, -0.05) is 18.2 Å². The molecule has 0 amide bonds. The van der Waals surface area contributed by atoms with Crippen LogP contribution in [0.4, 0.5) is 5.69 Å². The first-order valence-electron chi connectivity index (χ1n) is 2.70. The Morgan fingerprint density at radius 2 is 1.90 bits per heavy atom. The molecular weight excluding hydrogens is 194 g/mol. The van der Waals surface area contributed by atoms with Crippen LogP contribution in [0.5, 0.6) is 0 Å². The van der Waals surface area contributed by atoms with Crippen molar-refractivity contribution in [2.24, 2.45) is 0 Å². The zero-order valence-corrected chi connectivity index (χ0v) is 6.69. The largest absolute Gasteiger partial charge is 0.322 e. The SMILES string of the molecule is N#[N+]N(Br)c1ccccc1. The summed E-state index contributed by atoms with van der Waals surface area (Å²) in [7, 11) is 0. The average Bonchev–Trinajstić information content (AvgIpc) is 2.05. The summed E-state index contributed by atoms with van der Waals surface area (Å²) in [5.41, 5.74) is 0.782. The van der Waals surface area contributed by atoms with Crippen LogP contribution in [0.15, 0.2) is 30.3 Å². The molecule has 0 aliphatic rings. The third kappa shape index (κ3) is 1.45. The smallest absolute Gasteiger partial charge is 0.0621 e. The van der Waals surface area contributed by atoms with E-state index in [1.807, 2.05) is 30.3 Å². The molecule has 0 atom stereocenters. The van der Waals surface area contributed by atoms with Crippen LogP contribution < -0.4 is 4.03 Å². The van der Waals surface area contributed by atoms with Gasteiger partial charge in [0.2, 0.25) is 0 Å². The fourth-order valence-corrected chi connectivity index (χ4v) is 0.839. The lowest BCUT2D eigenvalue weighted by atomic mass is 10.3. The second kappa shape index (κ2) is 3.18. The summed E-state index contributed by atoms with van der Waals surface area (Å²) in [5, 5.41) is 11.2. The van der Waals surface area contributed by atoms with E-state index in [-0.39, 0.29) is 0 Å². The summed E-state index contributed by atoms with van der Waals surface area (Å²) in [6, 6.07) is 9.23. The topological polar surface area (TPSA) is 31.4 Å². The lowest BCUT2D eigenvalue weighted by Gasteiger charge is -1.90. The van der Waals surface area contributed by atoms with E-state index in [2.05, 4.69) is 21.2 Å². The molecule has 50 valence electrons. The van der Waals surface area contributed by atoms with Crippen LogP contribution in [0.25, 0.3) is 5.08 Å². The molecule has 0 aromatic heterocycles. The highest BCUT2D eigenvalue weighted by Crippen LogP contribution is 2.16. The van der Waals surface area contributed by atoms with Gasteiger partial charge in [-0.05, 0) is 12.1 Å². The summed E-state index contributed by atoms with van der Waals surface area (Å²) in [6.07, 6.45) is 0.